The number of hydrogen-bond acceptors (Lipinski definition) is 2. The lowest BCUT2D eigenvalue weighted by Gasteiger charge is -2.34. The van der Waals surface area contributed by atoms with Gasteiger partial charge in [-0.3, -0.25) is 0 Å². The molecule has 5 heteroatoms. The summed E-state index contributed by atoms with van der Waals surface area (Å²) in [5, 5.41) is 1.51. The second-order valence-corrected chi connectivity index (χ2v) is 5.76. The molecule has 0 spiro atoms. The van der Waals surface area contributed by atoms with Crippen molar-refractivity contribution in [2.24, 2.45) is 5.92 Å². The Labute approximate surface area is 112 Å². The molecule has 0 bridgehead atoms. The van der Waals surface area contributed by atoms with Gasteiger partial charge in [-0.15, -0.1) is 0 Å². The summed E-state index contributed by atoms with van der Waals surface area (Å²) < 4.78 is 3.33. The van der Waals surface area contributed by atoms with Gasteiger partial charge in [-0.25, -0.2) is 9.97 Å². The normalized spacial score (nSPS) is 24.7. The van der Waals surface area contributed by atoms with Gasteiger partial charge >= 0.3 is 0 Å². The monoisotopic (exact) mass is 346 g/mol. The van der Waals surface area contributed by atoms with Gasteiger partial charge < -0.3 is 4.57 Å². The first kappa shape index (κ1) is 10.8. The van der Waals surface area contributed by atoms with Gasteiger partial charge in [0.2, 0.25) is 0 Å². The molecule has 16 heavy (non-hydrogen) atoms. The highest BCUT2D eigenvalue weighted by atomic mass is 127. The van der Waals surface area contributed by atoms with Gasteiger partial charge in [0.1, 0.15) is 17.1 Å². The Balaban J connectivity index is 2.16. The minimum atomic E-state index is 0.527. The van der Waals surface area contributed by atoms with Crippen LogP contribution in [0, 0.1) is 16.4 Å². The topological polar surface area (TPSA) is 30.7 Å². The summed E-state index contributed by atoms with van der Waals surface area (Å²) in [5.74, 6) is 0.581. The highest BCUT2D eigenvalue weighted by molar-refractivity contribution is 14.1. The van der Waals surface area contributed by atoms with E-state index in [4.69, 9.17) is 11.6 Å². The smallest absolute Gasteiger partial charge is 0.146 e. The van der Waals surface area contributed by atoms with Crippen molar-refractivity contribution in [1.29, 1.82) is 0 Å². The minimum absolute atomic E-state index is 0.527. The molecule has 1 saturated carbocycles. The molecule has 0 aromatic carbocycles. The molecule has 0 amide bonds. The summed E-state index contributed by atoms with van der Waals surface area (Å²) in [6.07, 6.45) is 5.89. The SMILES string of the molecule is [CH2]C1CC(n2cc(I)c3c(Cl)ncnc32)C1. The lowest BCUT2D eigenvalue weighted by atomic mass is 9.82. The van der Waals surface area contributed by atoms with E-state index in [-0.39, 0.29) is 0 Å². The molecule has 0 unspecified atom stereocenters. The summed E-state index contributed by atoms with van der Waals surface area (Å²) in [4.78, 5) is 8.36. The molecule has 1 aliphatic carbocycles. The third-order valence-electron chi connectivity index (χ3n) is 3.12. The first-order valence-corrected chi connectivity index (χ1v) is 6.62. The van der Waals surface area contributed by atoms with Gasteiger partial charge in [-0.05, 0) is 41.4 Å². The van der Waals surface area contributed by atoms with E-state index in [1.54, 1.807) is 0 Å². The largest absolute Gasteiger partial charge is 0.328 e. The number of hydrogen-bond donors (Lipinski definition) is 0. The van der Waals surface area contributed by atoms with Crippen molar-refractivity contribution in [1.82, 2.24) is 14.5 Å². The van der Waals surface area contributed by atoms with E-state index in [9.17, 15) is 0 Å². The quantitative estimate of drug-likeness (QED) is 0.585. The Bertz CT molecular complexity index is 545. The maximum atomic E-state index is 6.09. The van der Waals surface area contributed by atoms with Crippen molar-refractivity contribution in [3.05, 3.63) is 28.2 Å². The van der Waals surface area contributed by atoms with Crippen molar-refractivity contribution in [3.8, 4) is 0 Å². The van der Waals surface area contributed by atoms with Crippen LogP contribution in [0.15, 0.2) is 12.5 Å². The molecular formula is C11H10ClIN3. The summed E-state index contributed by atoms with van der Waals surface area (Å²) in [6, 6.07) is 0.527. The molecule has 1 radical (unpaired) electrons. The van der Waals surface area contributed by atoms with E-state index in [1.807, 2.05) is 0 Å². The van der Waals surface area contributed by atoms with E-state index in [2.05, 4.69) is 50.2 Å². The van der Waals surface area contributed by atoms with Gasteiger partial charge in [0.25, 0.3) is 0 Å². The van der Waals surface area contributed by atoms with E-state index < -0.39 is 0 Å². The summed E-state index contributed by atoms with van der Waals surface area (Å²) in [7, 11) is 0. The molecule has 2 heterocycles. The molecule has 83 valence electrons. The fraction of sp³-hybridized carbons (Fsp3) is 0.364. The van der Waals surface area contributed by atoms with Crippen LogP contribution >= 0.6 is 34.2 Å². The summed E-state index contributed by atoms with van der Waals surface area (Å²) >= 11 is 8.37. The molecule has 0 aliphatic heterocycles. The lowest BCUT2D eigenvalue weighted by Crippen LogP contribution is -2.24. The first-order valence-electron chi connectivity index (χ1n) is 5.16. The zero-order chi connectivity index (χ0) is 11.3. The predicted molar refractivity (Wildman–Crippen MR) is 72.4 cm³/mol. The Hall–Kier alpha value is -0.360. The third kappa shape index (κ3) is 1.54. The van der Waals surface area contributed by atoms with Crippen molar-refractivity contribution in [2.75, 3.05) is 0 Å². The highest BCUT2D eigenvalue weighted by Gasteiger charge is 2.29. The van der Waals surface area contributed by atoms with Crippen LogP contribution in [-0.4, -0.2) is 14.5 Å². The molecule has 2 aromatic heterocycles. The highest BCUT2D eigenvalue weighted by Crippen LogP contribution is 2.40. The Morgan fingerprint density at radius 2 is 2.19 bits per heavy atom. The van der Waals surface area contributed by atoms with Gasteiger partial charge in [-0.1, -0.05) is 18.5 Å². The van der Waals surface area contributed by atoms with Gasteiger partial charge in [0.15, 0.2) is 0 Å². The fourth-order valence-corrected chi connectivity index (χ4v) is 3.40. The number of nitrogens with zero attached hydrogens (tertiary/aromatic N) is 3. The van der Waals surface area contributed by atoms with Crippen LogP contribution in [0.25, 0.3) is 11.0 Å². The molecule has 2 aromatic rings. The maximum absolute atomic E-state index is 6.09. The van der Waals surface area contributed by atoms with Crippen LogP contribution in [0.3, 0.4) is 0 Å². The minimum Gasteiger partial charge on any atom is -0.328 e. The number of halogens is 2. The third-order valence-corrected chi connectivity index (χ3v) is 4.23. The second-order valence-electron chi connectivity index (χ2n) is 4.24. The fourth-order valence-electron chi connectivity index (χ4n) is 2.21. The van der Waals surface area contributed by atoms with Crippen molar-refractivity contribution >= 4 is 45.2 Å². The standard InChI is InChI=1S/C11H10ClIN3/c1-6-2-7(3-6)16-4-8(13)9-10(12)14-5-15-11(9)16/h4-7H,1-3H2. The van der Waals surface area contributed by atoms with E-state index in [0.29, 0.717) is 17.1 Å². The van der Waals surface area contributed by atoms with Crippen molar-refractivity contribution < 1.29 is 0 Å². The van der Waals surface area contributed by atoms with Gasteiger partial charge in [-0.2, -0.15) is 0 Å². The Kier molecular flexibility index (Phi) is 2.58. The molecule has 0 N–H and O–H groups in total. The average Bonchev–Trinajstić information content (AvgIpc) is 2.53. The van der Waals surface area contributed by atoms with Crippen LogP contribution in [-0.2, 0) is 0 Å². The Morgan fingerprint density at radius 3 is 2.88 bits per heavy atom. The van der Waals surface area contributed by atoms with Gasteiger partial charge in [0, 0.05) is 15.8 Å². The van der Waals surface area contributed by atoms with Crippen LogP contribution in [0.1, 0.15) is 18.9 Å². The van der Waals surface area contributed by atoms with E-state index >= 15 is 0 Å². The van der Waals surface area contributed by atoms with E-state index in [0.717, 1.165) is 27.4 Å². The molecule has 0 saturated heterocycles. The summed E-state index contributed by atoms with van der Waals surface area (Å²) in [6.45, 7) is 4.05. The van der Waals surface area contributed by atoms with Crippen LogP contribution in [0.4, 0.5) is 0 Å². The van der Waals surface area contributed by atoms with Crippen LogP contribution in [0.5, 0.6) is 0 Å². The predicted octanol–water partition coefficient (Wildman–Crippen LogP) is 3.47. The van der Waals surface area contributed by atoms with Crippen LogP contribution in [0.2, 0.25) is 5.15 Å². The van der Waals surface area contributed by atoms with E-state index in [1.165, 1.54) is 6.33 Å². The Morgan fingerprint density at radius 1 is 1.44 bits per heavy atom. The molecule has 3 rings (SSSR count). The summed E-state index contributed by atoms with van der Waals surface area (Å²) in [5.41, 5.74) is 0.946. The lowest BCUT2D eigenvalue weighted by molar-refractivity contribution is 0.244. The van der Waals surface area contributed by atoms with Crippen LogP contribution < -0.4 is 0 Å². The zero-order valence-electron chi connectivity index (χ0n) is 8.53. The average molecular weight is 347 g/mol. The molecule has 3 nitrogen and oxygen atoms in total. The van der Waals surface area contributed by atoms with Crippen molar-refractivity contribution in [2.45, 2.75) is 18.9 Å². The molecular weight excluding hydrogens is 336 g/mol. The second kappa shape index (κ2) is 3.84. The molecule has 1 fully saturated rings. The maximum Gasteiger partial charge on any atom is 0.146 e. The number of aromatic nitrogens is 3. The number of fused-ring (bicyclic) bond motifs is 1. The molecule has 1 aliphatic rings. The number of rotatable bonds is 1. The molecule has 0 atom stereocenters. The van der Waals surface area contributed by atoms with Crippen molar-refractivity contribution in [3.63, 3.8) is 0 Å². The first-order chi connectivity index (χ1) is 7.66. The zero-order valence-corrected chi connectivity index (χ0v) is 11.4. The van der Waals surface area contributed by atoms with Gasteiger partial charge in [0.05, 0.1) is 5.39 Å².